The van der Waals surface area contributed by atoms with E-state index in [4.69, 9.17) is 0 Å². The van der Waals surface area contributed by atoms with Crippen LogP contribution in [0.3, 0.4) is 0 Å². The van der Waals surface area contributed by atoms with Crippen LogP contribution in [-0.4, -0.2) is 30.0 Å². The topological polar surface area (TPSA) is 29.1 Å². The van der Waals surface area contributed by atoms with E-state index in [0.717, 1.165) is 24.3 Å². The third kappa shape index (κ3) is 5.67. The Kier molecular flexibility index (Phi) is 6.67. The molecule has 0 aromatic heterocycles. The van der Waals surface area contributed by atoms with E-state index in [9.17, 15) is 22.4 Å². The fourth-order valence-electron chi connectivity index (χ4n) is 1.88. The summed E-state index contributed by atoms with van der Waals surface area (Å²) in [5, 5.41) is 2.35. The van der Waals surface area contributed by atoms with E-state index in [1.165, 1.54) is 18.7 Å². The summed E-state index contributed by atoms with van der Waals surface area (Å²) in [5.41, 5.74) is -0.112. The third-order valence-electron chi connectivity index (χ3n) is 3.00. The molecule has 0 heterocycles. The van der Waals surface area contributed by atoms with Crippen molar-refractivity contribution in [2.24, 2.45) is 0 Å². The van der Waals surface area contributed by atoms with Gasteiger partial charge >= 0.3 is 6.18 Å². The van der Waals surface area contributed by atoms with Crippen LogP contribution >= 0.6 is 11.8 Å². The van der Waals surface area contributed by atoms with Crippen LogP contribution in [0.15, 0.2) is 24.3 Å². The number of hydrogen-bond donors (Lipinski definition) is 1. The molecule has 2 nitrogen and oxygen atoms in total. The van der Waals surface area contributed by atoms with Gasteiger partial charge in [0.15, 0.2) is 0 Å². The van der Waals surface area contributed by atoms with Crippen LogP contribution < -0.4 is 5.32 Å². The Morgan fingerprint density at radius 3 is 2.29 bits per heavy atom. The molecule has 1 aromatic carbocycles. The van der Waals surface area contributed by atoms with E-state index < -0.39 is 24.1 Å². The van der Waals surface area contributed by atoms with Gasteiger partial charge in [-0.25, -0.2) is 4.39 Å². The summed E-state index contributed by atoms with van der Waals surface area (Å²) in [7, 11) is 0. The lowest BCUT2D eigenvalue weighted by Crippen LogP contribution is -2.44. The molecule has 0 radical (unpaired) electrons. The van der Waals surface area contributed by atoms with Gasteiger partial charge in [0.2, 0.25) is 0 Å². The van der Waals surface area contributed by atoms with Crippen LogP contribution in [0.25, 0.3) is 0 Å². The van der Waals surface area contributed by atoms with Crippen LogP contribution in [0.1, 0.15) is 24.9 Å². The summed E-state index contributed by atoms with van der Waals surface area (Å²) in [6.07, 6.45) is -2.44. The van der Waals surface area contributed by atoms with Gasteiger partial charge in [0.25, 0.3) is 0 Å². The van der Waals surface area contributed by atoms with E-state index >= 15 is 0 Å². The van der Waals surface area contributed by atoms with Gasteiger partial charge in [-0.2, -0.15) is 24.9 Å². The lowest BCUT2D eigenvalue weighted by Gasteiger charge is -2.26. The smallest absolute Gasteiger partial charge is 0.298 e. The highest BCUT2D eigenvalue weighted by molar-refractivity contribution is 7.98. The quantitative estimate of drug-likeness (QED) is 0.775. The number of hydrogen-bond acceptors (Lipinski definition) is 3. The fourth-order valence-corrected chi connectivity index (χ4v) is 2.35. The van der Waals surface area contributed by atoms with Crippen molar-refractivity contribution in [3.63, 3.8) is 0 Å². The number of Topliss-reactive ketones (excluding diaryl/α,β-unsaturated/α-hetero) is 1. The van der Waals surface area contributed by atoms with E-state index in [1.807, 2.05) is 6.26 Å². The molecular formula is C14H17F4NOS. The number of alkyl halides is 3. The van der Waals surface area contributed by atoms with Gasteiger partial charge in [-0.1, -0.05) is 12.1 Å². The first-order chi connectivity index (χ1) is 9.75. The Morgan fingerprint density at radius 1 is 1.29 bits per heavy atom. The van der Waals surface area contributed by atoms with E-state index in [2.05, 4.69) is 5.32 Å². The first kappa shape index (κ1) is 18.0. The van der Waals surface area contributed by atoms with Crippen molar-refractivity contribution in [2.45, 2.75) is 31.6 Å². The average molecular weight is 323 g/mol. The van der Waals surface area contributed by atoms with Crippen molar-refractivity contribution in [3.8, 4) is 0 Å². The monoisotopic (exact) mass is 323 g/mol. The number of halogens is 4. The molecule has 0 bridgehead atoms. The van der Waals surface area contributed by atoms with Crippen molar-refractivity contribution in [1.29, 1.82) is 0 Å². The van der Waals surface area contributed by atoms with Crippen molar-refractivity contribution >= 4 is 17.5 Å². The highest BCUT2D eigenvalue weighted by Crippen LogP contribution is 2.33. The van der Waals surface area contributed by atoms with E-state index in [-0.39, 0.29) is 11.3 Å². The molecule has 0 saturated carbocycles. The van der Waals surface area contributed by atoms with Gasteiger partial charge in [-0.05, 0) is 43.0 Å². The Labute approximate surface area is 125 Å². The predicted octanol–water partition coefficient (Wildman–Crippen LogP) is 3.73. The average Bonchev–Trinajstić information content (AvgIpc) is 2.38. The molecule has 21 heavy (non-hydrogen) atoms. The number of thioether (sulfide) groups is 1. The molecular weight excluding hydrogens is 306 g/mol. The van der Waals surface area contributed by atoms with Crippen molar-refractivity contribution in [2.75, 3.05) is 12.0 Å². The molecule has 7 heteroatoms. The Hall–Kier alpha value is -1.08. The second-order valence-electron chi connectivity index (χ2n) is 4.64. The fraction of sp³-hybridized carbons (Fsp3) is 0.500. The number of ketones is 1. The van der Waals surface area contributed by atoms with Gasteiger partial charge in [-0.3, -0.25) is 10.1 Å². The van der Waals surface area contributed by atoms with Crippen molar-refractivity contribution in [1.82, 2.24) is 5.32 Å². The summed E-state index contributed by atoms with van der Waals surface area (Å²) in [4.78, 5) is 11.5. The molecule has 118 valence electrons. The molecule has 0 aliphatic carbocycles. The summed E-state index contributed by atoms with van der Waals surface area (Å²) in [5.74, 6) is -0.379. The van der Waals surface area contributed by atoms with Crippen LogP contribution in [0.2, 0.25) is 0 Å². The standard InChI is InChI=1S/C14H17F4NOS/c1-9(20)12(7-8-21-2)19-13(14(16,17)18)10-3-5-11(15)6-4-10/h3-6,12-13,19H,7-8H2,1-2H3/t12-,13-/m0/s1. The molecule has 0 saturated heterocycles. The Bertz CT molecular complexity index is 461. The maximum absolute atomic E-state index is 13.2. The molecule has 2 atom stereocenters. The molecule has 0 aliphatic rings. The molecule has 0 amide bonds. The lowest BCUT2D eigenvalue weighted by molar-refractivity contribution is -0.160. The number of benzene rings is 1. The van der Waals surface area contributed by atoms with Crippen LogP contribution in [0.5, 0.6) is 0 Å². The van der Waals surface area contributed by atoms with Crippen LogP contribution in [-0.2, 0) is 4.79 Å². The van der Waals surface area contributed by atoms with Crippen molar-refractivity contribution in [3.05, 3.63) is 35.6 Å². The number of rotatable bonds is 7. The molecule has 0 fully saturated rings. The molecule has 1 aromatic rings. The number of carbonyl (C=O) groups is 1. The maximum Gasteiger partial charge on any atom is 0.407 e. The number of nitrogens with one attached hydrogen (secondary N) is 1. The zero-order valence-corrected chi connectivity index (χ0v) is 12.5. The molecule has 0 spiro atoms. The van der Waals surface area contributed by atoms with Crippen molar-refractivity contribution < 1.29 is 22.4 Å². The minimum absolute atomic E-state index is 0.112. The Balaban J connectivity index is 2.97. The zero-order valence-electron chi connectivity index (χ0n) is 11.7. The van der Waals surface area contributed by atoms with Gasteiger partial charge in [0.05, 0.1) is 6.04 Å². The minimum Gasteiger partial charge on any atom is -0.298 e. The maximum atomic E-state index is 13.2. The normalized spacial score (nSPS) is 14.8. The van der Waals surface area contributed by atoms with Crippen LogP contribution in [0, 0.1) is 5.82 Å². The third-order valence-corrected chi connectivity index (χ3v) is 3.64. The SMILES string of the molecule is CSCC[C@H](N[C@@H](c1ccc(F)cc1)C(F)(F)F)C(C)=O. The second kappa shape index (κ2) is 7.79. The molecule has 1 N–H and O–H groups in total. The predicted molar refractivity (Wildman–Crippen MR) is 75.8 cm³/mol. The highest BCUT2D eigenvalue weighted by Gasteiger charge is 2.42. The second-order valence-corrected chi connectivity index (χ2v) is 5.62. The summed E-state index contributed by atoms with van der Waals surface area (Å²) < 4.78 is 52.4. The number of carbonyl (C=O) groups excluding carboxylic acids is 1. The van der Waals surface area contributed by atoms with Gasteiger partial charge in [-0.15, -0.1) is 0 Å². The zero-order chi connectivity index (χ0) is 16.0. The van der Waals surface area contributed by atoms with Gasteiger partial charge in [0.1, 0.15) is 17.6 Å². The van der Waals surface area contributed by atoms with Gasteiger partial charge in [0, 0.05) is 0 Å². The summed E-state index contributed by atoms with van der Waals surface area (Å²) >= 11 is 1.46. The minimum atomic E-state index is -4.56. The first-order valence-electron chi connectivity index (χ1n) is 6.33. The summed E-state index contributed by atoms with van der Waals surface area (Å²) in [6, 6.07) is 1.22. The first-order valence-corrected chi connectivity index (χ1v) is 7.72. The molecule has 0 aliphatic heterocycles. The van der Waals surface area contributed by atoms with Gasteiger partial charge < -0.3 is 0 Å². The highest BCUT2D eigenvalue weighted by atomic mass is 32.2. The lowest BCUT2D eigenvalue weighted by atomic mass is 10.0. The van der Waals surface area contributed by atoms with E-state index in [1.54, 1.807) is 0 Å². The molecule has 1 rings (SSSR count). The van der Waals surface area contributed by atoms with Crippen LogP contribution in [0.4, 0.5) is 17.6 Å². The summed E-state index contributed by atoms with van der Waals surface area (Å²) in [6.45, 7) is 1.26. The Morgan fingerprint density at radius 2 is 1.86 bits per heavy atom. The largest absolute Gasteiger partial charge is 0.407 e. The van der Waals surface area contributed by atoms with E-state index in [0.29, 0.717) is 12.2 Å². The molecule has 0 unspecified atom stereocenters.